The normalized spacial score (nSPS) is 12.8. The average Bonchev–Trinajstić information content (AvgIpc) is 2.87. The van der Waals surface area contributed by atoms with Crippen LogP contribution in [0.25, 0.3) is 11.3 Å². The fourth-order valence-corrected chi connectivity index (χ4v) is 2.04. The quantitative estimate of drug-likeness (QED) is 0.842. The van der Waals surface area contributed by atoms with Crippen LogP contribution in [0.5, 0.6) is 0 Å². The summed E-state index contributed by atoms with van der Waals surface area (Å²) >= 11 is 0. The lowest BCUT2D eigenvalue weighted by Gasteiger charge is -2.06. The Labute approximate surface area is 120 Å². The Morgan fingerprint density at radius 2 is 1.75 bits per heavy atom. The highest BCUT2D eigenvalue weighted by Gasteiger charge is 2.06. The molecule has 2 rings (SSSR count). The molecule has 0 spiro atoms. The minimum atomic E-state index is -0.434. The first-order valence-corrected chi connectivity index (χ1v) is 7.14. The number of hydrogen-bond donors (Lipinski definition) is 2. The van der Waals surface area contributed by atoms with E-state index in [-0.39, 0.29) is 0 Å². The van der Waals surface area contributed by atoms with Gasteiger partial charge in [0.2, 0.25) is 0 Å². The van der Waals surface area contributed by atoms with Gasteiger partial charge in [0.15, 0.2) is 0 Å². The zero-order chi connectivity index (χ0) is 14.5. The smallest absolute Gasteiger partial charge is 0.134 e. The SMILES string of the molecule is CC(C)CNCc1ccc(-c2ccc([C@H](C)O)cc2)o1. The van der Waals surface area contributed by atoms with E-state index in [1.807, 2.05) is 36.4 Å². The summed E-state index contributed by atoms with van der Waals surface area (Å²) in [4.78, 5) is 0. The van der Waals surface area contributed by atoms with Crippen LogP contribution in [0.1, 0.15) is 38.2 Å². The van der Waals surface area contributed by atoms with E-state index >= 15 is 0 Å². The van der Waals surface area contributed by atoms with Gasteiger partial charge in [-0.15, -0.1) is 0 Å². The third-order valence-electron chi connectivity index (χ3n) is 3.19. The lowest BCUT2D eigenvalue weighted by molar-refractivity contribution is 0.199. The van der Waals surface area contributed by atoms with Crippen molar-refractivity contribution in [2.24, 2.45) is 5.92 Å². The van der Waals surface area contributed by atoms with Crippen LogP contribution in [0.3, 0.4) is 0 Å². The van der Waals surface area contributed by atoms with E-state index in [4.69, 9.17) is 4.42 Å². The maximum atomic E-state index is 9.50. The molecule has 0 fully saturated rings. The summed E-state index contributed by atoms with van der Waals surface area (Å²) in [5.74, 6) is 2.45. The maximum absolute atomic E-state index is 9.50. The molecule has 0 aliphatic carbocycles. The molecule has 20 heavy (non-hydrogen) atoms. The van der Waals surface area contributed by atoms with Gasteiger partial charge in [0.25, 0.3) is 0 Å². The molecule has 0 saturated heterocycles. The average molecular weight is 273 g/mol. The van der Waals surface area contributed by atoms with Gasteiger partial charge in [-0.05, 0) is 37.1 Å². The summed E-state index contributed by atoms with van der Waals surface area (Å²) in [6.07, 6.45) is -0.434. The second-order valence-electron chi connectivity index (χ2n) is 5.59. The summed E-state index contributed by atoms with van der Waals surface area (Å²) in [6, 6.07) is 11.8. The molecule has 0 aliphatic heterocycles. The van der Waals surface area contributed by atoms with Crippen LogP contribution in [0.15, 0.2) is 40.8 Å². The number of aliphatic hydroxyl groups excluding tert-OH is 1. The van der Waals surface area contributed by atoms with Crippen LogP contribution in [-0.4, -0.2) is 11.7 Å². The Morgan fingerprint density at radius 3 is 2.35 bits per heavy atom. The highest BCUT2D eigenvalue weighted by atomic mass is 16.3. The van der Waals surface area contributed by atoms with Crippen molar-refractivity contribution in [2.45, 2.75) is 33.4 Å². The van der Waals surface area contributed by atoms with Gasteiger partial charge in [0.05, 0.1) is 12.6 Å². The third kappa shape index (κ3) is 3.95. The number of rotatable bonds is 6. The zero-order valence-corrected chi connectivity index (χ0v) is 12.4. The van der Waals surface area contributed by atoms with Gasteiger partial charge >= 0.3 is 0 Å². The fraction of sp³-hybridized carbons (Fsp3) is 0.412. The van der Waals surface area contributed by atoms with Crippen molar-refractivity contribution in [2.75, 3.05) is 6.54 Å². The second-order valence-corrected chi connectivity index (χ2v) is 5.59. The molecule has 3 heteroatoms. The van der Waals surface area contributed by atoms with Crippen molar-refractivity contribution in [3.63, 3.8) is 0 Å². The molecular weight excluding hydrogens is 250 g/mol. The first kappa shape index (κ1) is 14.8. The van der Waals surface area contributed by atoms with Gasteiger partial charge in [-0.3, -0.25) is 0 Å². The Balaban J connectivity index is 2.01. The molecule has 1 aromatic carbocycles. The van der Waals surface area contributed by atoms with E-state index in [0.717, 1.165) is 35.7 Å². The predicted molar refractivity (Wildman–Crippen MR) is 81.3 cm³/mol. The van der Waals surface area contributed by atoms with Crippen molar-refractivity contribution < 1.29 is 9.52 Å². The standard InChI is InChI=1S/C17H23NO2/c1-12(2)10-18-11-16-8-9-17(20-16)15-6-4-14(5-7-15)13(3)19/h4-9,12-13,18-19H,10-11H2,1-3H3/t13-/m0/s1. The van der Waals surface area contributed by atoms with E-state index in [0.29, 0.717) is 5.92 Å². The van der Waals surface area contributed by atoms with E-state index in [9.17, 15) is 5.11 Å². The zero-order valence-electron chi connectivity index (χ0n) is 12.4. The molecule has 0 aliphatic rings. The highest BCUT2D eigenvalue weighted by molar-refractivity contribution is 5.58. The topological polar surface area (TPSA) is 45.4 Å². The molecule has 2 N–H and O–H groups in total. The number of aliphatic hydroxyl groups is 1. The van der Waals surface area contributed by atoms with Crippen LogP contribution in [0, 0.1) is 5.92 Å². The molecule has 108 valence electrons. The van der Waals surface area contributed by atoms with E-state index in [2.05, 4.69) is 19.2 Å². The number of nitrogens with one attached hydrogen (secondary N) is 1. The maximum Gasteiger partial charge on any atom is 0.134 e. The van der Waals surface area contributed by atoms with Gasteiger partial charge in [-0.2, -0.15) is 0 Å². The molecule has 3 nitrogen and oxygen atoms in total. The summed E-state index contributed by atoms with van der Waals surface area (Å²) in [6.45, 7) is 7.87. The molecule has 1 aromatic heterocycles. The fourth-order valence-electron chi connectivity index (χ4n) is 2.04. The molecule has 0 amide bonds. The predicted octanol–water partition coefficient (Wildman–Crippen LogP) is 3.75. The van der Waals surface area contributed by atoms with E-state index in [1.165, 1.54) is 0 Å². The Morgan fingerprint density at radius 1 is 1.05 bits per heavy atom. The number of furan rings is 1. The minimum Gasteiger partial charge on any atom is -0.460 e. The highest BCUT2D eigenvalue weighted by Crippen LogP contribution is 2.24. The van der Waals surface area contributed by atoms with Gasteiger partial charge < -0.3 is 14.8 Å². The molecule has 2 aromatic rings. The molecule has 1 atom stereocenters. The first-order valence-electron chi connectivity index (χ1n) is 7.14. The van der Waals surface area contributed by atoms with E-state index in [1.54, 1.807) is 6.92 Å². The Hall–Kier alpha value is -1.58. The molecular formula is C17H23NO2. The number of benzene rings is 1. The van der Waals surface area contributed by atoms with E-state index < -0.39 is 6.10 Å². The van der Waals surface area contributed by atoms with Crippen molar-refractivity contribution in [3.8, 4) is 11.3 Å². The van der Waals surface area contributed by atoms with Crippen molar-refractivity contribution in [3.05, 3.63) is 47.7 Å². The molecule has 0 bridgehead atoms. The Bertz CT molecular complexity index is 526. The molecule has 1 heterocycles. The number of hydrogen-bond acceptors (Lipinski definition) is 3. The largest absolute Gasteiger partial charge is 0.460 e. The van der Waals surface area contributed by atoms with Crippen LogP contribution in [-0.2, 0) is 6.54 Å². The van der Waals surface area contributed by atoms with Gasteiger partial charge in [0.1, 0.15) is 11.5 Å². The lowest BCUT2D eigenvalue weighted by Crippen LogP contribution is -2.18. The molecule has 0 unspecified atom stereocenters. The van der Waals surface area contributed by atoms with Gasteiger partial charge in [0, 0.05) is 5.56 Å². The summed E-state index contributed by atoms with van der Waals surface area (Å²) in [7, 11) is 0. The van der Waals surface area contributed by atoms with Crippen molar-refractivity contribution in [1.29, 1.82) is 0 Å². The summed E-state index contributed by atoms with van der Waals surface area (Å²) < 4.78 is 5.83. The van der Waals surface area contributed by atoms with Gasteiger partial charge in [-0.1, -0.05) is 38.1 Å². The summed E-state index contributed by atoms with van der Waals surface area (Å²) in [5, 5.41) is 12.9. The molecule has 0 radical (unpaired) electrons. The van der Waals surface area contributed by atoms with Gasteiger partial charge in [-0.25, -0.2) is 0 Å². The third-order valence-corrected chi connectivity index (χ3v) is 3.19. The summed E-state index contributed by atoms with van der Waals surface area (Å²) in [5.41, 5.74) is 1.95. The second kappa shape index (κ2) is 6.73. The Kier molecular flexibility index (Phi) is 4.99. The first-order chi connectivity index (χ1) is 9.56. The van der Waals surface area contributed by atoms with Crippen LogP contribution in [0.2, 0.25) is 0 Å². The lowest BCUT2D eigenvalue weighted by atomic mass is 10.1. The van der Waals surface area contributed by atoms with Crippen LogP contribution in [0.4, 0.5) is 0 Å². The van der Waals surface area contributed by atoms with Crippen molar-refractivity contribution >= 4 is 0 Å². The minimum absolute atomic E-state index is 0.434. The van der Waals surface area contributed by atoms with Crippen molar-refractivity contribution in [1.82, 2.24) is 5.32 Å². The van der Waals surface area contributed by atoms with Crippen LogP contribution >= 0.6 is 0 Å². The monoisotopic (exact) mass is 273 g/mol. The molecule has 0 saturated carbocycles. The van der Waals surface area contributed by atoms with Crippen LogP contribution < -0.4 is 5.32 Å².